The third-order valence-corrected chi connectivity index (χ3v) is 3.66. The van der Waals surface area contributed by atoms with E-state index in [1.165, 1.54) is 0 Å². The van der Waals surface area contributed by atoms with Gasteiger partial charge in [-0.25, -0.2) is 0 Å². The summed E-state index contributed by atoms with van der Waals surface area (Å²) in [6.45, 7) is 4.16. The first-order valence-electron chi connectivity index (χ1n) is 7.66. The van der Waals surface area contributed by atoms with Gasteiger partial charge in [0.05, 0.1) is 12.6 Å². The molecule has 0 aromatic heterocycles. The highest BCUT2D eigenvalue weighted by Gasteiger charge is 2.19. The molecule has 112 valence electrons. The summed E-state index contributed by atoms with van der Waals surface area (Å²) >= 11 is 0. The lowest BCUT2D eigenvalue weighted by atomic mass is 9.97. The van der Waals surface area contributed by atoms with Gasteiger partial charge in [-0.05, 0) is 24.8 Å². The molecule has 0 aliphatic carbocycles. The van der Waals surface area contributed by atoms with Gasteiger partial charge in [-0.1, -0.05) is 57.0 Å². The number of amides is 1. The predicted octanol–water partition coefficient (Wildman–Crippen LogP) is 2.92. The van der Waals surface area contributed by atoms with Crippen LogP contribution in [0.4, 0.5) is 0 Å². The summed E-state index contributed by atoms with van der Waals surface area (Å²) in [5.74, 6) is 0.149. The van der Waals surface area contributed by atoms with Crippen molar-refractivity contribution in [2.75, 3.05) is 6.61 Å². The lowest BCUT2D eigenvalue weighted by Crippen LogP contribution is -2.42. The highest BCUT2D eigenvalue weighted by atomic mass is 16.3. The molecule has 0 saturated carbocycles. The summed E-state index contributed by atoms with van der Waals surface area (Å²) in [6.07, 6.45) is 4.65. The zero-order valence-corrected chi connectivity index (χ0v) is 12.6. The summed E-state index contributed by atoms with van der Waals surface area (Å²) in [7, 11) is 0. The first-order chi connectivity index (χ1) is 9.71. The number of benzene rings is 1. The molecule has 3 heteroatoms. The van der Waals surface area contributed by atoms with Crippen molar-refractivity contribution in [3.8, 4) is 0 Å². The van der Waals surface area contributed by atoms with E-state index in [0.29, 0.717) is 6.42 Å². The number of carbonyl (C=O) groups is 1. The van der Waals surface area contributed by atoms with Gasteiger partial charge < -0.3 is 10.4 Å². The van der Waals surface area contributed by atoms with E-state index in [1.807, 2.05) is 37.3 Å². The highest BCUT2D eigenvalue weighted by Crippen LogP contribution is 2.13. The Bertz CT molecular complexity index is 378. The van der Waals surface area contributed by atoms with Crippen LogP contribution in [0.15, 0.2) is 30.3 Å². The van der Waals surface area contributed by atoms with Gasteiger partial charge in [0.1, 0.15) is 0 Å². The average Bonchev–Trinajstić information content (AvgIpc) is 2.48. The SMILES string of the molecule is CCCCC(CC)C(=O)N[C@@H](CO)Cc1ccccc1. The van der Waals surface area contributed by atoms with Crippen LogP contribution in [-0.4, -0.2) is 23.7 Å². The molecule has 0 fully saturated rings. The molecule has 3 nitrogen and oxygen atoms in total. The molecule has 0 heterocycles. The van der Waals surface area contributed by atoms with Crippen molar-refractivity contribution in [2.45, 2.75) is 52.0 Å². The van der Waals surface area contributed by atoms with E-state index >= 15 is 0 Å². The van der Waals surface area contributed by atoms with Gasteiger partial charge in [-0.15, -0.1) is 0 Å². The Morgan fingerprint density at radius 2 is 1.95 bits per heavy atom. The van der Waals surface area contributed by atoms with Gasteiger partial charge in [-0.2, -0.15) is 0 Å². The van der Waals surface area contributed by atoms with E-state index in [2.05, 4.69) is 12.2 Å². The van der Waals surface area contributed by atoms with Crippen molar-refractivity contribution < 1.29 is 9.90 Å². The summed E-state index contributed by atoms with van der Waals surface area (Å²) in [6, 6.07) is 9.75. The molecule has 0 spiro atoms. The molecule has 20 heavy (non-hydrogen) atoms. The van der Waals surface area contributed by atoms with Crippen molar-refractivity contribution in [1.82, 2.24) is 5.32 Å². The fourth-order valence-electron chi connectivity index (χ4n) is 2.35. The van der Waals surface area contributed by atoms with Crippen LogP contribution in [0.25, 0.3) is 0 Å². The minimum atomic E-state index is -0.194. The monoisotopic (exact) mass is 277 g/mol. The number of hydrogen-bond donors (Lipinski definition) is 2. The summed E-state index contributed by atoms with van der Waals surface area (Å²) < 4.78 is 0. The number of rotatable bonds is 9. The lowest BCUT2D eigenvalue weighted by Gasteiger charge is -2.20. The van der Waals surface area contributed by atoms with Crippen molar-refractivity contribution >= 4 is 5.91 Å². The minimum absolute atomic E-state index is 0.0230. The Hall–Kier alpha value is -1.35. The van der Waals surface area contributed by atoms with E-state index in [0.717, 1.165) is 31.2 Å². The van der Waals surface area contributed by atoms with Crippen LogP contribution in [0.2, 0.25) is 0 Å². The van der Waals surface area contributed by atoms with Crippen LogP contribution in [0.1, 0.15) is 45.1 Å². The molecule has 0 radical (unpaired) electrons. The third kappa shape index (κ3) is 5.74. The number of hydrogen-bond acceptors (Lipinski definition) is 2. The van der Waals surface area contributed by atoms with Gasteiger partial charge in [0.25, 0.3) is 0 Å². The van der Waals surface area contributed by atoms with E-state index < -0.39 is 0 Å². The largest absolute Gasteiger partial charge is 0.394 e. The molecular weight excluding hydrogens is 250 g/mol. The number of carbonyl (C=O) groups excluding carboxylic acids is 1. The molecule has 1 aromatic rings. The number of unbranched alkanes of at least 4 members (excludes halogenated alkanes) is 1. The van der Waals surface area contributed by atoms with Crippen LogP contribution in [-0.2, 0) is 11.2 Å². The molecule has 2 atom stereocenters. The first kappa shape index (κ1) is 16.7. The van der Waals surface area contributed by atoms with E-state index in [9.17, 15) is 9.90 Å². The third-order valence-electron chi connectivity index (χ3n) is 3.66. The standard InChI is InChI=1S/C17H27NO2/c1-3-5-11-15(4-2)17(20)18-16(13-19)12-14-9-7-6-8-10-14/h6-10,15-16,19H,3-5,11-13H2,1-2H3,(H,18,20)/t15?,16-/m1/s1. The van der Waals surface area contributed by atoms with Crippen molar-refractivity contribution in [1.29, 1.82) is 0 Å². The van der Waals surface area contributed by atoms with Crippen molar-refractivity contribution in [3.63, 3.8) is 0 Å². The normalized spacial score (nSPS) is 13.8. The Morgan fingerprint density at radius 1 is 1.25 bits per heavy atom. The second-order valence-corrected chi connectivity index (χ2v) is 5.33. The van der Waals surface area contributed by atoms with Crippen LogP contribution in [0, 0.1) is 5.92 Å². The fraction of sp³-hybridized carbons (Fsp3) is 0.588. The maximum atomic E-state index is 12.2. The molecule has 1 unspecified atom stereocenters. The van der Waals surface area contributed by atoms with Crippen molar-refractivity contribution in [3.05, 3.63) is 35.9 Å². The Morgan fingerprint density at radius 3 is 2.50 bits per heavy atom. The summed E-state index contributed by atoms with van der Waals surface area (Å²) in [4.78, 5) is 12.2. The second-order valence-electron chi connectivity index (χ2n) is 5.33. The number of aliphatic hydroxyl groups excluding tert-OH is 1. The van der Waals surface area contributed by atoms with Crippen LogP contribution >= 0.6 is 0 Å². The smallest absolute Gasteiger partial charge is 0.223 e. The van der Waals surface area contributed by atoms with Crippen molar-refractivity contribution in [2.24, 2.45) is 5.92 Å². The molecule has 1 amide bonds. The molecule has 0 aliphatic heterocycles. The molecule has 2 N–H and O–H groups in total. The Labute approximate surface area is 122 Å². The first-order valence-corrected chi connectivity index (χ1v) is 7.66. The topological polar surface area (TPSA) is 49.3 Å². The average molecular weight is 277 g/mol. The molecule has 1 aromatic carbocycles. The van der Waals surface area contributed by atoms with Crippen LogP contribution in [0.5, 0.6) is 0 Å². The number of nitrogens with one attached hydrogen (secondary N) is 1. The molecule has 0 bridgehead atoms. The summed E-state index contributed by atoms with van der Waals surface area (Å²) in [5, 5.41) is 12.4. The maximum absolute atomic E-state index is 12.2. The van der Waals surface area contributed by atoms with Gasteiger partial charge in [0.15, 0.2) is 0 Å². The quantitative estimate of drug-likeness (QED) is 0.729. The van der Waals surface area contributed by atoms with E-state index in [4.69, 9.17) is 0 Å². The minimum Gasteiger partial charge on any atom is -0.394 e. The fourth-order valence-corrected chi connectivity index (χ4v) is 2.35. The van der Waals surface area contributed by atoms with Gasteiger partial charge in [-0.3, -0.25) is 4.79 Å². The lowest BCUT2D eigenvalue weighted by molar-refractivity contribution is -0.126. The zero-order chi connectivity index (χ0) is 14.8. The Balaban J connectivity index is 2.52. The maximum Gasteiger partial charge on any atom is 0.223 e. The summed E-state index contributed by atoms with van der Waals surface area (Å²) in [5.41, 5.74) is 1.13. The molecular formula is C17H27NO2. The van der Waals surface area contributed by atoms with Gasteiger partial charge >= 0.3 is 0 Å². The molecule has 0 aliphatic rings. The molecule has 1 rings (SSSR count). The van der Waals surface area contributed by atoms with E-state index in [1.54, 1.807) is 0 Å². The van der Waals surface area contributed by atoms with E-state index in [-0.39, 0.29) is 24.5 Å². The zero-order valence-electron chi connectivity index (χ0n) is 12.6. The van der Waals surface area contributed by atoms with Gasteiger partial charge in [0, 0.05) is 5.92 Å². The second kappa shape index (κ2) is 9.54. The van der Waals surface area contributed by atoms with Gasteiger partial charge in [0.2, 0.25) is 5.91 Å². The van der Waals surface area contributed by atoms with Crippen LogP contribution < -0.4 is 5.32 Å². The Kier molecular flexibility index (Phi) is 7.97. The number of aliphatic hydroxyl groups is 1. The van der Waals surface area contributed by atoms with Crippen LogP contribution in [0.3, 0.4) is 0 Å². The predicted molar refractivity (Wildman–Crippen MR) is 82.5 cm³/mol. The highest BCUT2D eigenvalue weighted by molar-refractivity contribution is 5.78. The molecule has 0 saturated heterocycles.